The van der Waals surface area contributed by atoms with Crippen LogP contribution in [0.15, 0.2) is 24.3 Å². The van der Waals surface area contributed by atoms with Gasteiger partial charge in [-0.2, -0.15) is 0 Å². The average molecular weight is 251 g/mol. The molecule has 5 nitrogen and oxygen atoms in total. The predicted octanol–water partition coefficient (Wildman–Crippen LogP) is 1.84. The Morgan fingerprint density at radius 1 is 1.39 bits per heavy atom. The number of amides is 1. The van der Waals surface area contributed by atoms with Crippen molar-refractivity contribution in [1.29, 1.82) is 0 Å². The Bertz CT molecular complexity index is 431. The highest BCUT2D eigenvalue weighted by Crippen LogP contribution is 2.12. The number of anilines is 1. The van der Waals surface area contributed by atoms with Gasteiger partial charge in [0.2, 0.25) is 0 Å². The van der Waals surface area contributed by atoms with E-state index >= 15 is 0 Å². The van der Waals surface area contributed by atoms with Gasteiger partial charge >= 0.3 is 5.97 Å². The second kappa shape index (κ2) is 6.76. The summed E-state index contributed by atoms with van der Waals surface area (Å²) in [5.74, 6) is -0.674. The molecule has 18 heavy (non-hydrogen) atoms. The lowest BCUT2D eigenvalue weighted by Crippen LogP contribution is -2.26. The fraction of sp³-hybridized carbons (Fsp3) is 0.385. The van der Waals surface area contributed by atoms with E-state index in [1.54, 1.807) is 38.1 Å². The maximum absolute atomic E-state index is 11.6. The molecule has 0 bridgehead atoms. The number of ether oxygens (including phenoxy) is 2. The molecule has 98 valence electrons. The number of methoxy groups -OCH3 is 1. The molecule has 0 heterocycles. The Morgan fingerprint density at radius 3 is 2.72 bits per heavy atom. The summed E-state index contributed by atoms with van der Waals surface area (Å²) in [7, 11) is 1.46. The van der Waals surface area contributed by atoms with Crippen molar-refractivity contribution in [3.05, 3.63) is 29.8 Å². The third kappa shape index (κ3) is 3.85. The predicted molar refractivity (Wildman–Crippen MR) is 67.5 cm³/mol. The third-order valence-corrected chi connectivity index (χ3v) is 2.36. The van der Waals surface area contributed by atoms with Crippen LogP contribution in [0.5, 0.6) is 0 Å². The smallest absolute Gasteiger partial charge is 0.338 e. The molecule has 0 aliphatic carbocycles. The Labute approximate surface area is 106 Å². The van der Waals surface area contributed by atoms with Crippen LogP contribution < -0.4 is 5.32 Å². The van der Waals surface area contributed by atoms with Crippen LogP contribution in [0.2, 0.25) is 0 Å². The zero-order chi connectivity index (χ0) is 13.5. The van der Waals surface area contributed by atoms with Crippen molar-refractivity contribution in [2.24, 2.45) is 0 Å². The summed E-state index contributed by atoms with van der Waals surface area (Å²) in [6, 6.07) is 6.58. The van der Waals surface area contributed by atoms with Gasteiger partial charge in [0.05, 0.1) is 12.2 Å². The standard InChI is InChI=1S/C13H17NO4/c1-4-18-13(16)10-6-5-7-11(8-10)14-12(15)9(2)17-3/h5-9H,4H2,1-3H3,(H,14,15). The van der Waals surface area contributed by atoms with E-state index in [4.69, 9.17) is 9.47 Å². The lowest BCUT2D eigenvalue weighted by Gasteiger charge is -2.11. The molecule has 1 aromatic rings. The molecule has 1 rings (SSSR count). The maximum Gasteiger partial charge on any atom is 0.338 e. The van der Waals surface area contributed by atoms with Crippen LogP contribution in [-0.4, -0.2) is 31.7 Å². The van der Waals surface area contributed by atoms with Gasteiger partial charge in [0.1, 0.15) is 6.10 Å². The molecule has 1 atom stereocenters. The van der Waals surface area contributed by atoms with Crippen LogP contribution >= 0.6 is 0 Å². The van der Waals surface area contributed by atoms with Gasteiger partial charge in [-0.15, -0.1) is 0 Å². The van der Waals surface area contributed by atoms with Crippen molar-refractivity contribution in [1.82, 2.24) is 0 Å². The molecule has 1 N–H and O–H groups in total. The number of benzene rings is 1. The zero-order valence-corrected chi connectivity index (χ0v) is 10.7. The first-order valence-corrected chi connectivity index (χ1v) is 5.69. The van der Waals surface area contributed by atoms with Crippen molar-refractivity contribution in [2.75, 3.05) is 19.0 Å². The van der Waals surface area contributed by atoms with Crippen LogP contribution in [0.4, 0.5) is 5.69 Å². The van der Waals surface area contributed by atoms with E-state index in [1.807, 2.05) is 0 Å². The first-order valence-electron chi connectivity index (χ1n) is 5.69. The molecule has 0 saturated carbocycles. The van der Waals surface area contributed by atoms with Crippen molar-refractivity contribution >= 4 is 17.6 Å². The second-order valence-electron chi connectivity index (χ2n) is 3.67. The Balaban J connectivity index is 2.76. The van der Waals surface area contributed by atoms with E-state index in [0.717, 1.165) is 0 Å². The molecule has 1 amide bonds. The summed E-state index contributed by atoms with van der Waals surface area (Å²) in [5.41, 5.74) is 0.939. The SMILES string of the molecule is CCOC(=O)c1cccc(NC(=O)C(C)OC)c1. The highest BCUT2D eigenvalue weighted by molar-refractivity contribution is 5.96. The van der Waals surface area contributed by atoms with E-state index in [-0.39, 0.29) is 5.91 Å². The molecule has 0 aromatic heterocycles. The fourth-order valence-electron chi connectivity index (χ4n) is 1.29. The van der Waals surface area contributed by atoms with Gasteiger partial charge < -0.3 is 14.8 Å². The summed E-state index contributed by atoms with van der Waals surface area (Å²) in [4.78, 5) is 23.1. The lowest BCUT2D eigenvalue weighted by molar-refractivity contribution is -0.124. The van der Waals surface area contributed by atoms with Gasteiger partial charge in [-0.05, 0) is 32.0 Å². The quantitative estimate of drug-likeness (QED) is 0.811. The van der Waals surface area contributed by atoms with Crippen molar-refractivity contribution < 1.29 is 19.1 Å². The molecule has 1 unspecified atom stereocenters. The molecule has 0 aliphatic rings. The van der Waals surface area contributed by atoms with Gasteiger partial charge in [-0.3, -0.25) is 4.79 Å². The van der Waals surface area contributed by atoms with Gasteiger partial charge in [0.25, 0.3) is 5.91 Å². The van der Waals surface area contributed by atoms with Gasteiger partial charge in [-0.25, -0.2) is 4.79 Å². The van der Waals surface area contributed by atoms with E-state index in [0.29, 0.717) is 17.9 Å². The number of hydrogen-bond donors (Lipinski definition) is 1. The molecule has 0 fully saturated rings. The first kappa shape index (κ1) is 14.2. The van der Waals surface area contributed by atoms with E-state index in [2.05, 4.69) is 5.32 Å². The van der Waals surface area contributed by atoms with E-state index in [1.165, 1.54) is 7.11 Å². The average Bonchev–Trinajstić information content (AvgIpc) is 2.38. The van der Waals surface area contributed by atoms with Crippen molar-refractivity contribution in [3.8, 4) is 0 Å². The number of carbonyl (C=O) groups excluding carboxylic acids is 2. The Kier molecular flexibility index (Phi) is 5.32. The van der Waals surface area contributed by atoms with Crippen LogP contribution in [-0.2, 0) is 14.3 Å². The number of hydrogen-bond acceptors (Lipinski definition) is 4. The van der Waals surface area contributed by atoms with Crippen LogP contribution in [0.1, 0.15) is 24.2 Å². The summed E-state index contributed by atoms with van der Waals surface area (Å²) in [6.45, 7) is 3.70. The van der Waals surface area contributed by atoms with Crippen LogP contribution in [0.3, 0.4) is 0 Å². The Hall–Kier alpha value is -1.88. The lowest BCUT2D eigenvalue weighted by atomic mass is 10.2. The molecular formula is C13H17NO4. The fourth-order valence-corrected chi connectivity index (χ4v) is 1.29. The summed E-state index contributed by atoms with van der Waals surface area (Å²) in [5, 5.41) is 2.66. The molecular weight excluding hydrogens is 234 g/mol. The second-order valence-corrected chi connectivity index (χ2v) is 3.67. The zero-order valence-electron chi connectivity index (χ0n) is 10.7. The molecule has 1 aromatic carbocycles. The maximum atomic E-state index is 11.6. The minimum Gasteiger partial charge on any atom is -0.462 e. The summed E-state index contributed by atoms with van der Waals surface area (Å²) < 4.78 is 9.78. The summed E-state index contributed by atoms with van der Waals surface area (Å²) >= 11 is 0. The van der Waals surface area contributed by atoms with Gasteiger partial charge in [-0.1, -0.05) is 6.07 Å². The largest absolute Gasteiger partial charge is 0.462 e. The molecule has 5 heteroatoms. The Morgan fingerprint density at radius 2 is 2.11 bits per heavy atom. The number of esters is 1. The number of carbonyl (C=O) groups is 2. The van der Waals surface area contributed by atoms with Gasteiger partial charge in [0, 0.05) is 12.8 Å². The normalized spacial score (nSPS) is 11.7. The topological polar surface area (TPSA) is 64.6 Å². The third-order valence-electron chi connectivity index (χ3n) is 2.36. The molecule has 0 radical (unpaired) electrons. The van der Waals surface area contributed by atoms with E-state index in [9.17, 15) is 9.59 Å². The monoisotopic (exact) mass is 251 g/mol. The van der Waals surface area contributed by atoms with Crippen molar-refractivity contribution in [3.63, 3.8) is 0 Å². The highest BCUT2D eigenvalue weighted by Gasteiger charge is 2.13. The van der Waals surface area contributed by atoms with Gasteiger partial charge in [0.15, 0.2) is 0 Å². The molecule has 0 spiro atoms. The van der Waals surface area contributed by atoms with Crippen molar-refractivity contribution in [2.45, 2.75) is 20.0 Å². The minimum absolute atomic E-state index is 0.265. The van der Waals surface area contributed by atoms with Crippen LogP contribution in [0.25, 0.3) is 0 Å². The molecule has 0 aliphatic heterocycles. The first-order chi connectivity index (χ1) is 8.58. The van der Waals surface area contributed by atoms with Crippen LogP contribution in [0, 0.1) is 0 Å². The number of rotatable bonds is 5. The summed E-state index contributed by atoms with van der Waals surface area (Å²) in [6.07, 6.45) is -0.545. The minimum atomic E-state index is -0.545. The molecule has 0 saturated heterocycles. The van der Waals surface area contributed by atoms with E-state index < -0.39 is 12.1 Å². The highest BCUT2D eigenvalue weighted by atomic mass is 16.5. The number of nitrogens with one attached hydrogen (secondary N) is 1.